The first-order valence-corrected chi connectivity index (χ1v) is 5.00. The SMILES string of the molecule is CC1(C)CC2(CC[C@@H]1O)OCCO2. The number of aliphatic hydroxyl groups excluding tert-OH is 1. The van der Waals surface area contributed by atoms with Crippen molar-refractivity contribution in [3.63, 3.8) is 0 Å². The smallest absolute Gasteiger partial charge is 0.169 e. The molecule has 1 spiro atoms. The predicted octanol–water partition coefficient (Wildman–Crippen LogP) is 1.30. The minimum absolute atomic E-state index is 0.0808. The first kappa shape index (κ1) is 9.44. The van der Waals surface area contributed by atoms with Gasteiger partial charge in [-0.1, -0.05) is 13.8 Å². The molecule has 1 aliphatic heterocycles. The molecule has 1 N–H and O–H groups in total. The average Bonchev–Trinajstić information content (AvgIpc) is 2.46. The van der Waals surface area contributed by atoms with E-state index in [0.717, 1.165) is 19.3 Å². The fraction of sp³-hybridized carbons (Fsp3) is 1.00. The second-order valence-electron chi connectivity index (χ2n) is 4.83. The highest BCUT2D eigenvalue weighted by Crippen LogP contribution is 2.45. The second kappa shape index (κ2) is 2.94. The molecular weight excluding hydrogens is 168 g/mol. The van der Waals surface area contributed by atoms with Gasteiger partial charge in [0.1, 0.15) is 0 Å². The van der Waals surface area contributed by atoms with E-state index in [4.69, 9.17) is 9.47 Å². The Morgan fingerprint density at radius 2 is 1.85 bits per heavy atom. The van der Waals surface area contributed by atoms with Crippen LogP contribution in [0.2, 0.25) is 0 Å². The molecule has 0 aromatic carbocycles. The van der Waals surface area contributed by atoms with E-state index in [9.17, 15) is 5.11 Å². The molecule has 13 heavy (non-hydrogen) atoms. The van der Waals surface area contributed by atoms with E-state index in [1.165, 1.54) is 0 Å². The zero-order valence-electron chi connectivity index (χ0n) is 8.38. The Hall–Kier alpha value is -0.120. The Bertz CT molecular complexity index is 194. The van der Waals surface area contributed by atoms with Crippen LogP contribution in [0.25, 0.3) is 0 Å². The Morgan fingerprint density at radius 1 is 1.23 bits per heavy atom. The molecule has 3 heteroatoms. The molecule has 0 aromatic heterocycles. The summed E-state index contributed by atoms with van der Waals surface area (Å²) in [4.78, 5) is 0. The van der Waals surface area contributed by atoms with E-state index in [0.29, 0.717) is 13.2 Å². The van der Waals surface area contributed by atoms with Gasteiger partial charge >= 0.3 is 0 Å². The normalized spacial score (nSPS) is 36.7. The van der Waals surface area contributed by atoms with Crippen molar-refractivity contribution in [2.75, 3.05) is 13.2 Å². The molecule has 0 unspecified atom stereocenters. The van der Waals surface area contributed by atoms with E-state index in [2.05, 4.69) is 13.8 Å². The number of ether oxygens (including phenoxy) is 2. The van der Waals surface area contributed by atoms with Gasteiger partial charge in [0.2, 0.25) is 0 Å². The van der Waals surface area contributed by atoms with Gasteiger partial charge in [-0.2, -0.15) is 0 Å². The fourth-order valence-electron chi connectivity index (χ4n) is 2.39. The number of rotatable bonds is 0. The summed E-state index contributed by atoms with van der Waals surface area (Å²) in [5, 5.41) is 9.77. The van der Waals surface area contributed by atoms with Crippen molar-refractivity contribution in [1.29, 1.82) is 0 Å². The van der Waals surface area contributed by atoms with Gasteiger partial charge in [0.15, 0.2) is 5.79 Å². The van der Waals surface area contributed by atoms with Crippen LogP contribution in [0.3, 0.4) is 0 Å². The van der Waals surface area contributed by atoms with Crippen LogP contribution in [0.4, 0.5) is 0 Å². The molecule has 0 radical (unpaired) electrons. The Labute approximate surface area is 79.0 Å². The lowest BCUT2D eigenvalue weighted by molar-refractivity contribution is -0.217. The lowest BCUT2D eigenvalue weighted by atomic mass is 9.72. The van der Waals surface area contributed by atoms with Crippen molar-refractivity contribution < 1.29 is 14.6 Å². The zero-order valence-corrected chi connectivity index (χ0v) is 8.38. The summed E-state index contributed by atoms with van der Waals surface area (Å²) in [6.45, 7) is 5.55. The third-order valence-corrected chi connectivity index (χ3v) is 3.24. The maximum absolute atomic E-state index is 9.77. The molecule has 1 saturated heterocycles. The van der Waals surface area contributed by atoms with Gasteiger partial charge in [0.25, 0.3) is 0 Å². The quantitative estimate of drug-likeness (QED) is 0.619. The summed E-state index contributed by atoms with van der Waals surface area (Å²) in [5.41, 5.74) is -0.0808. The van der Waals surface area contributed by atoms with Crippen LogP contribution in [0, 0.1) is 5.41 Å². The predicted molar refractivity (Wildman–Crippen MR) is 48.3 cm³/mol. The van der Waals surface area contributed by atoms with Crippen LogP contribution < -0.4 is 0 Å². The maximum atomic E-state index is 9.77. The number of hydrogen-bond donors (Lipinski definition) is 1. The lowest BCUT2D eigenvalue weighted by Crippen LogP contribution is -2.46. The Kier molecular flexibility index (Phi) is 2.13. The molecule has 0 amide bonds. The number of aliphatic hydroxyl groups is 1. The summed E-state index contributed by atoms with van der Waals surface area (Å²) in [5.74, 6) is -0.372. The van der Waals surface area contributed by atoms with Crippen LogP contribution in [-0.2, 0) is 9.47 Å². The van der Waals surface area contributed by atoms with Crippen molar-refractivity contribution >= 4 is 0 Å². The standard InChI is InChI=1S/C10H18O3/c1-9(2)7-10(4-3-8(9)11)12-5-6-13-10/h8,11H,3-7H2,1-2H3/t8-/m0/s1. The third-order valence-electron chi connectivity index (χ3n) is 3.24. The summed E-state index contributed by atoms with van der Waals surface area (Å²) in [6.07, 6.45) is 2.21. The van der Waals surface area contributed by atoms with Crippen LogP contribution in [0.5, 0.6) is 0 Å². The molecule has 76 valence electrons. The van der Waals surface area contributed by atoms with E-state index >= 15 is 0 Å². The van der Waals surface area contributed by atoms with Gasteiger partial charge in [-0.15, -0.1) is 0 Å². The molecule has 0 aromatic rings. The Balaban J connectivity index is 2.10. The molecule has 0 bridgehead atoms. The second-order valence-corrected chi connectivity index (χ2v) is 4.83. The molecule has 1 saturated carbocycles. The van der Waals surface area contributed by atoms with Crippen LogP contribution in [0.15, 0.2) is 0 Å². The lowest BCUT2D eigenvalue weighted by Gasteiger charge is -2.44. The summed E-state index contributed by atoms with van der Waals surface area (Å²) < 4.78 is 11.3. The van der Waals surface area contributed by atoms with Crippen molar-refractivity contribution in [3.8, 4) is 0 Å². The molecule has 2 fully saturated rings. The topological polar surface area (TPSA) is 38.7 Å². The first-order valence-electron chi connectivity index (χ1n) is 5.00. The number of hydrogen-bond acceptors (Lipinski definition) is 3. The molecular formula is C10H18O3. The van der Waals surface area contributed by atoms with Crippen molar-refractivity contribution in [3.05, 3.63) is 0 Å². The van der Waals surface area contributed by atoms with Crippen molar-refractivity contribution in [2.24, 2.45) is 5.41 Å². The van der Waals surface area contributed by atoms with Gasteiger partial charge in [-0.05, 0) is 11.8 Å². The summed E-state index contributed by atoms with van der Waals surface area (Å²) in [7, 11) is 0. The largest absolute Gasteiger partial charge is 0.393 e. The van der Waals surface area contributed by atoms with Gasteiger partial charge in [0.05, 0.1) is 19.3 Å². The molecule has 1 atom stereocenters. The van der Waals surface area contributed by atoms with E-state index in [1.807, 2.05) is 0 Å². The van der Waals surface area contributed by atoms with Crippen molar-refractivity contribution in [1.82, 2.24) is 0 Å². The minimum atomic E-state index is -0.372. The van der Waals surface area contributed by atoms with Gasteiger partial charge in [-0.25, -0.2) is 0 Å². The molecule has 2 rings (SSSR count). The van der Waals surface area contributed by atoms with Crippen LogP contribution in [0.1, 0.15) is 33.1 Å². The first-order chi connectivity index (χ1) is 6.04. The highest BCUT2D eigenvalue weighted by molar-refractivity contribution is 4.92. The fourth-order valence-corrected chi connectivity index (χ4v) is 2.39. The van der Waals surface area contributed by atoms with Crippen LogP contribution >= 0.6 is 0 Å². The van der Waals surface area contributed by atoms with Gasteiger partial charge in [-0.3, -0.25) is 0 Å². The minimum Gasteiger partial charge on any atom is -0.393 e. The molecule has 2 aliphatic rings. The van der Waals surface area contributed by atoms with E-state index in [1.54, 1.807) is 0 Å². The third kappa shape index (κ3) is 1.60. The van der Waals surface area contributed by atoms with E-state index in [-0.39, 0.29) is 17.3 Å². The highest BCUT2D eigenvalue weighted by Gasteiger charge is 2.48. The monoisotopic (exact) mass is 186 g/mol. The summed E-state index contributed by atoms with van der Waals surface area (Å²) >= 11 is 0. The maximum Gasteiger partial charge on any atom is 0.169 e. The zero-order chi connectivity index (χ0) is 9.53. The average molecular weight is 186 g/mol. The van der Waals surface area contributed by atoms with Crippen LogP contribution in [-0.4, -0.2) is 30.2 Å². The molecule has 3 nitrogen and oxygen atoms in total. The highest BCUT2D eigenvalue weighted by atomic mass is 16.7. The van der Waals surface area contributed by atoms with Gasteiger partial charge < -0.3 is 14.6 Å². The van der Waals surface area contributed by atoms with E-state index < -0.39 is 0 Å². The molecule has 1 heterocycles. The molecule has 1 aliphatic carbocycles. The van der Waals surface area contributed by atoms with Gasteiger partial charge in [0, 0.05) is 12.8 Å². The van der Waals surface area contributed by atoms with Crippen molar-refractivity contribution in [2.45, 2.75) is 45.0 Å². The summed E-state index contributed by atoms with van der Waals surface area (Å²) in [6, 6.07) is 0. The Morgan fingerprint density at radius 3 is 2.38 bits per heavy atom.